The molecule has 0 saturated heterocycles. The lowest BCUT2D eigenvalue weighted by Gasteiger charge is -2.27. The first-order valence-electron chi connectivity index (χ1n) is 11.3. The molecule has 0 spiro atoms. The Balaban J connectivity index is 1.96. The minimum Gasteiger partial charge on any atom is -0.481 e. The lowest BCUT2D eigenvalue weighted by atomic mass is 9.94. The number of ether oxygens (including phenoxy) is 1. The summed E-state index contributed by atoms with van der Waals surface area (Å²) in [4.78, 5) is 24.6. The summed E-state index contributed by atoms with van der Waals surface area (Å²) in [7, 11) is 0. The van der Waals surface area contributed by atoms with Crippen molar-refractivity contribution in [3.8, 4) is 11.6 Å². The molecule has 8 nitrogen and oxygen atoms in total. The Morgan fingerprint density at radius 3 is 2.46 bits per heavy atom. The third kappa shape index (κ3) is 6.24. The van der Waals surface area contributed by atoms with E-state index < -0.39 is 29.3 Å². The predicted molar refractivity (Wildman–Crippen MR) is 128 cm³/mol. The number of hydrogen-bond acceptors (Lipinski definition) is 5. The number of para-hydroxylation sites is 1. The van der Waals surface area contributed by atoms with E-state index in [0.717, 1.165) is 10.2 Å². The SMILES string of the molecule is Cc1ccccc1[C@H](CC(=O)O)NC(=O)c1cc(OC[C@@](C)(O)C(C)C)n(-c2ccccc2F)n1. The Morgan fingerprint density at radius 1 is 1.17 bits per heavy atom. The van der Waals surface area contributed by atoms with E-state index in [4.69, 9.17) is 4.74 Å². The van der Waals surface area contributed by atoms with Gasteiger partial charge in [0, 0.05) is 6.07 Å². The number of carbonyl (C=O) groups excluding carboxylic acids is 1. The molecule has 9 heteroatoms. The van der Waals surface area contributed by atoms with E-state index in [-0.39, 0.29) is 36.2 Å². The summed E-state index contributed by atoms with van der Waals surface area (Å²) >= 11 is 0. The van der Waals surface area contributed by atoms with Crippen molar-refractivity contribution in [1.82, 2.24) is 15.1 Å². The number of aryl methyl sites for hydroxylation is 1. The number of aliphatic hydroxyl groups is 1. The van der Waals surface area contributed by atoms with E-state index in [0.29, 0.717) is 5.56 Å². The highest BCUT2D eigenvalue weighted by atomic mass is 19.1. The molecule has 35 heavy (non-hydrogen) atoms. The predicted octanol–water partition coefficient (Wildman–Crippen LogP) is 4.05. The largest absolute Gasteiger partial charge is 0.481 e. The lowest BCUT2D eigenvalue weighted by Crippen LogP contribution is -2.38. The number of carboxylic acids is 1. The molecule has 0 radical (unpaired) electrons. The zero-order chi connectivity index (χ0) is 25.8. The van der Waals surface area contributed by atoms with Crippen LogP contribution >= 0.6 is 0 Å². The minimum atomic E-state index is -1.18. The van der Waals surface area contributed by atoms with Crippen molar-refractivity contribution < 1.29 is 28.9 Å². The molecule has 2 aromatic carbocycles. The molecule has 0 unspecified atom stereocenters. The van der Waals surface area contributed by atoms with Crippen LogP contribution in [0, 0.1) is 18.7 Å². The van der Waals surface area contributed by atoms with Crippen molar-refractivity contribution in [3.63, 3.8) is 0 Å². The van der Waals surface area contributed by atoms with E-state index in [1.807, 2.05) is 32.9 Å². The van der Waals surface area contributed by atoms with Crippen molar-refractivity contribution in [3.05, 3.63) is 77.2 Å². The number of nitrogens with one attached hydrogen (secondary N) is 1. The molecule has 0 aliphatic heterocycles. The van der Waals surface area contributed by atoms with Crippen molar-refractivity contribution in [2.24, 2.45) is 5.92 Å². The molecule has 0 aliphatic rings. The van der Waals surface area contributed by atoms with Crippen LogP contribution < -0.4 is 10.1 Å². The third-order valence-electron chi connectivity index (χ3n) is 5.99. The maximum Gasteiger partial charge on any atom is 0.305 e. The van der Waals surface area contributed by atoms with Gasteiger partial charge in [-0.2, -0.15) is 9.78 Å². The molecule has 1 heterocycles. The van der Waals surface area contributed by atoms with Crippen LogP contribution in [0.1, 0.15) is 54.8 Å². The van der Waals surface area contributed by atoms with Gasteiger partial charge in [-0.05, 0) is 43.0 Å². The van der Waals surface area contributed by atoms with E-state index in [2.05, 4.69) is 10.4 Å². The van der Waals surface area contributed by atoms with Gasteiger partial charge in [0.15, 0.2) is 5.69 Å². The molecule has 0 bridgehead atoms. The number of aromatic nitrogens is 2. The fraction of sp³-hybridized carbons (Fsp3) is 0.346. The van der Waals surface area contributed by atoms with E-state index >= 15 is 0 Å². The van der Waals surface area contributed by atoms with Gasteiger partial charge in [0.25, 0.3) is 5.91 Å². The maximum absolute atomic E-state index is 14.6. The van der Waals surface area contributed by atoms with Crippen molar-refractivity contribution in [2.75, 3.05) is 6.61 Å². The van der Waals surface area contributed by atoms with Gasteiger partial charge in [-0.25, -0.2) is 4.39 Å². The minimum absolute atomic E-state index is 0.0618. The highest BCUT2D eigenvalue weighted by molar-refractivity contribution is 5.93. The molecule has 1 amide bonds. The zero-order valence-electron chi connectivity index (χ0n) is 20.2. The van der Waals surface area contributed by atoms with Crippen molar-refractivity contribution in [2.45, 2.75) is 45.8 Å². The van der Waals surface area contributed by atoms with E-state index in [1.165, 1.54) is 24.3 Å². The Morgan fingerprint density at radius 2 is 1.83 bits per heavy atom. The van der Waals surface area contributed by atoms with Crippen LogP contribution in [0.25, 0.3) is 5.69 Å². The van der Waals surface area contributed by atoms with E-state index in [1.54, 1.807) is 25.1 Å². The molecule has 0 fully saturated rings. The molecule has 0 aliphatic carbocycles. The highest BCUT2D eigenvalue weighted by Gasteiger charge is 2.28. The van der Waals surface area contributed by atoms with Crippen LogP contribution in [0.5, 0.6) is 5.88 Å². The number of amides is 1. The summed E-state index contributed by atoms with van der Waals surface area (Å²) < 4.78 is 21.5. The number of aliphatic carboxylic acids is 1. The van der Waals surface area contributed by atoms with Gasteiger partial charge in [0.2, 0.25) is 5.88 Å². The summed E-state index contributed by atoms with van der Waals surface area (Å²) in [6, 6.07) is 13.6. The fourth-order valence-corrected chi connectivity index (χ4v) is 3.38. The van der Waals surface area contributed by atoms with Crippen LogP contribution in [0.3, 0.4) is 0 Å². The number of benzene rings is 2. The molecular formula is C26H30FN3O5. The summed E-state index contributed by atoms with van der Waals surface area (Å²) in [5.41, 5.74) is 0.296. The van der Waals surface area contributed by atoms with Crippen molar-refractivity contribution in [1.29, 1.82) is 0 Å². The number of halogens is 1. The first-order valence-corrected chi connectivity index (χ1v) is 11.3. The first-order chi connectivity index (χ1) is 16.5. The number of rotatable bonds is 10. The van der Waals surface area contributed by atoms with Gasteiger partial charge in [-0.3, -0.25) is 9.59 Å². The molecule has 2 atom stereocenters. The second-order valence-corrected chi connectivity index (χ2v) is 9.01. The smallest absolute Gasteiger partial charge is 0.305 e. The standard InChI is InChI=1S/C26H30FN3O5/c1-16(2)26(4,34)15-35-23-13-21(29-30(23)22-12-8-7-11-19(22)27)25(33)28-20(14-24(31)32)18-10-6-5-9-17(18)3/h5-13,16,20,34H,14-15H2,1-4H3,(H,28,33)(H,31,32)/t20-,26+/m0/s1. The summed E-state index contributed by atoms with van der Waals surface area (Å²) in [5, 5.41) is 26.9. The number of hydrogen-bond donors (Lipinski definition) is 3. The van der Waals surface area contributed by atoms with Gasteiger partial charge in [-0.1, -0.05) is 50.2 Å². The Labute approximate surface area is 203 Å². The number of carbonyl (C=O) groups is 2. The van der Waals surface area contributed by atoms with Gasteiger partial charge in [0.1, 0.15) is 18.1 Å². The monoisotopic (exact) mass is 483 g/mol. The van der Waals surface area contributed by atoms with Gasteiger partial charge >= 0.3 is 5.97 Å². The molecule has 3 N–H and O–H groups in total. The second kappa shape index (κ2) is 10.7. The van der Waals surface area contributed by atoms with Crippen LogP contribution in [0.15, 0.2) is 54.6 Å². The van der Waals surface area contributed by atoms with Crippen molar-refractivity contribution >= 4 is 11.9 Å². The molecular weight excluding hydrogens is 453 g/mol. The average Bonchev–Trinajstić information content (AvgIpc) is 3.22. The van der Waals surface area contributed by atoms with Crippen LogP contribution in [-0.2, 0) is 4.79 Å². The van der Waals surface area contributed by atoms with Crippen LogP contribution in [-0.4, -0.2) is 44.1 Å². The van der Waals surface area contributed by atoms with Crippen LogP contribution in [0.4, 0.5) is 4.39 Å². The topological polar surface area (TPSA) is 114 Å². The Hall–Kier alpha value is -3.72. The Bertz CT molecular complexity index is 1210. The molecule has 186 valence electrons. The summed E-state index contributed by atoms with van der Waals surface area (Å²) in [5.74, 6) is -2.36. The molecule has 0 saturated carbocycles. The lowest BCUT2D eigenvalue weighted by molar-refractivity contribution is -0.137. The number of nitrogens with zero attached hydrogens (tertiary/aromatic N) is 2. The second-order valence-electron chi connectivity index (χ2n) is 9.01. The third-order valence-corrected chi connectivity index (χ3v) is 5.99. The summed E-state index contributed by atoms with van der Waals surface area (Å²) in [6.45, 7) is 7.01. The fourth-order valence-electron chi connectivity index (χ4n) is 3.38. The highest BCUT2D eigenvalue weighted by Crippen LogP contribution is 2.26. The maximum atomic E-state index is 14.6. The molecule has 3 rings (SSSR count). The average molecular weight is 484 g/mol. The van der Waals surface area contributed by atoms with Crippen LogP contribution in [0.2, 0.25) is 0 Å². The molecule has 3 aromatic rings. The zero-order valence-corrected chi connectivity index (χ0v) is 20.2. The summed E-state index contributed by atoms with van der Waals surface area (Å²) in [6.07, 6.45) is -0.328. The van der Waals surface area contributed by atoms with Gasteiger partial charge in [0.05, 0.1) is 18.1 Å². The normalized spacial score (nSPS) is 13.8. The van der Waals surface area contributed by atoms with E-state index in [9.17, 15) is 24.2 Å². The number of carboxylic acid groups (broad SMARTS) is 1. The molecule has 1 aromatic heterocycles. The van der Waals surface area contributed by atoms with Gasteiger partial charge < -0.3 is 20.3 Å². The Kier molecular flexibility index (Phi) is 7.91. The quantitative estimate of drug-likeness (QED) is 0.401. The van der Waals surface area contributed by atoms with Gasteiger partial charge in [-0.15, -0.1) is 0 Å². The first kappa shape index (κ1) is 25.9.